The third kappa shape index (κ3) is 2.98. The summed E-state index contributed by atoms with van der Waals surface area (Å²) in [4.78, 5) is 1.87. The fraction of sp³-hybridized carbons (Fsp3) is 0.647. The molecule has 1 aliphatic carbocycles. The molecule has 0 aromatic heterocycles. The Morgan fingerprint density at radius 1 is 1.32 bits per heavy atom. The fourth-order valence-electron chi connectivity index (χ4n) is 2.94. The highest BCUT2D eigenvalue weighted by Crippen LogP contribution is 2.49. The van der Waals surface area contributed by atoms with Crippen LogP contribution in [0, 0.1) is 5.92 Å². The fourth-order valence-corrected chi connectivity index (χ4v) is 3.04. The molecule has 1 saturated carbocycles. The second-order valence-corrected chi connectivity index (χ2v) is 6.44. The first-order valence-corrected chi connectivity index (χ1v) is 7.31. The summed E-state index contributed by atoms with van der Waals surface area (Å²) in [6.07, 6.45) is 2.91. The molecule has 1 aromatic rings. The molecule has 0 spiro atoms. The maximum Gasteiger partial charge on any atom is 0.0639 e. The lowest BCUT2D eigenvalue weighted by Gasteiger charge is -2.51. The van der Waals surface area contributed by atoms with E-state index in [2.05, 4.69) is 13.8 Å². The third-order valence-corrected chi connectivity index (χ3v) is 4.16. The van der Waals surface area contributed by atoms with E-state index in [9.17, 15) is 1.37 Å². The van der Waals surface area contributed by atoms with Crippen molar-refractivity contribution in [2.75, 3.05) is 14.1 Å². The lowest BCUT2D eigenvalue weighted by molar-refractivity contribution is 0.0808. The van der Waals surface area contributed by atoms with E-state index in [-0.39, 0.29) is 35.1 Å². The zero-order valence-corrected chi connectivity index (χ0v) is 13.0. The summed E-state index contributed by atoms with van der Waals surface area (Å²) in [7, 11) is 3.73. The zero-order valence-electron chi connectivity index (χ0n) is 17.2. The molecule has 1 nitrogen and oxygen atoms in total. The molecule has 1 fully saturated rings. The summed E-state index contributed by atoms with van der Waals surface area (Å²) in [5, 5.41) is -0.146. The summed E-state index contributed by atoms with van der Waals surface area (Å²) in [5.41, 5.74) is -0.344. The van der Waals surface area contributed by atoms with Gasteiger partial charge in [0.2, 0.25) is 0 Å². The Kier molecular flexibility index (Phi) is 2.90. The van der Waals surface area contributed by atoms with Gasteiger partial charge >= 0.3 is 0 Å². The van der Waals surface area contributed by atoms with Crippen molar-refractivity contribution in [1.82, 2.24) is 4.90 Å². The average Bonchev–Trinajstić information content (AvgIpc) is 2.44. The highest BCUT2D eigenvalue weighted by atomic mass is 35.5. The Bertz CT molecular complexity index is 613. The summed E-state index contributed by atoms with van der Waals surface area (Å²) in [5.74, 6) is 0.281. The first-order chi connectivity index (χ1) is 11.0. The van der Waals surface area contributed by atoms with Gasteiger partial charge in [-0.2, -0.15) is 0 Å². The van der Waals surface area contributed by atoms with Crippen molar-refractivity contribution in [3.05, 3.63) is 34.8 Å². The molecule has 0 saturated heterocycles. The molecule has 1 aromatic carbocycles. The largest absolute Gasteiger partial charge is 0.306 e. The smallest absolute Gasteiger partial charge is 0.0639 e. The Hall–Kier alpha value is -0.530. The van der Waals surface area contributed by atoms with Crippen molar-refractivity contribution in [3.63, 3.8) is 0 Å². The van der Waals surface area contributed by atoms with Crippen LogP contribution >= 0.6 is 11.6 Å². The van der Waals surface area contributed by atoms with Crippen molar-refractivity contribution < 1.29 is 6.85 Å². The van der Waals surface area contributed by atoms with Crippen LogP contribution in [-0.2, 0) is 5.41 Å². The normalized spacial score (nSPS) is 24.9. The van der Waals surface area contributed by atoms with Gasteiger partial charge in [-0.3, -0.25) is 0 Å². The second-order valence-electron chi connectivity index (χ2n) is 6.06. The minimum absolute atomic E-state index is 0.0945. The van der Waals surface area contributed by atoms with Gasteiger partial charge < -0.3 is 4.90 Å². The van der Waals surface area contributed by atoms with E-state index in [0.29, 0.717) is 24.8 Å². The number of benzene rings is 1. The Labute approximate surface area is 130 Å². The molecule has 1 unspecified atom stereocenters. The highest BCUT2D eigenvalue weighted by Gasteiger charge is 2.46. The highest BCUT2D eigenvalue weighted by molar-refractivity contribution is 6.30. The SMILES string of the molecule is [2H]c1c([2H])c(C2(C([2H])(CC(C)C)N(C)C)CCC2)c([2H])c([2H])c1Cl. The van der Waals surface area contributed by atoms with Crippen LogP contribution in [0.3, 0.4) is 0 Å². The van der Waals surface area contributed by atoms with Gasteiger partial charge in [0, 0.05) is 17.8 Å². The molecule has 0 aliphatic heterocycles. The van der Waals surface area contributed by atoms with Crippen LogP contribution in [0.1, 0.15) is 51.9 Å². The summed E-state index contributed by atoms with van der Waals surface area (Å²) in [6.45, 7) is 4.13. The molecule has 2 rings (SSSR count). The number of nitrogens with zero attached hydrogens (tertiary/aromatic N) is 1. The lowest BCUT2D eigenvalue weighted by Crippen LogP contribution is -2.52. The topological polar surface area (TPSA) is 3.24 Å². The van der Waals surface area contributed by atoms with Gasteiger partial charge in [0.25, 0.3) is 0 Å². The van der Waals surface area contributed by atoms with Gasteiger partial charge in [-0.1, -0.05) is 44.0 Å². The molecule has 19 heavy (non-hydrogen) atoms. The quantitative estimate of drug-likeness (QED) is 0.755. The minimum Gasteiger partial charge on any atom is -0.306 e. The average molecular weight is 285 g/mol. The van der Waals surface area contributed by atoms with Gasteiger partial charge in [0.05, 0.1) is 5.48 Å². The van der Waals surface area contributed by atoms with Crippen LogP contribution in [-0.4, -0.2) is 25.0 Å². The van der Waals surface area contributed by atoms with Crippen LogP contribution in [0.25, 0.3) is 0 Å². The number of hydrogen-bond acceptors (Lipinski definition) is 1. The second kappa shape index (κ2) is 5.85. The van der Waals surface area contributed by atoms with E-state index in [1.54, 1.807) is 0 Å². The summed E-state index contributed by atoms with van der Waals surface area (Å²) in [6, 6.07) is -1.59. The van der Waals surface area contributed by atoms with Crippen molar-refractivity contribution >= 4 is 11.6 Å². The first-order valence-electron chi connectivity index (χ1n) is 9.43. The van der Waals surface area contributed by atoms with Gasteiger partial charge in [0.1, 0.15) is 0 Å². The number of likely N-dealkylation sites (N-methyl/N-ethyl adjacent to an activating group) is 1. The van der Waals surface area contributed by atoms with Crippen molar-refractivity contribution in [2.24, 2.45) is 5.92 Å². The maximum absolute atomic E-state index is 9.24. The molecule has 0 bridgehead atoms. The van der Waals surface area contributed by atoms with E-state index in [4.69, 9.17) is 17.1 Å². The lowest BCUT2D eigenvalue weighted by atomic mass is 9.58. The molecule has 2 heteroatoms. The van der Waals surface area contributed by atoms with Gasteiger partial charge in [0.15, 0.2) is 0 Å². The van der Waals surface area contributed by atoms with Crippen LogP contribution in [0.2, 0.25) is 5.02 Å². The number of halogens is 1. The molecular formula is C17H26ClN. The van der Waals surface area contributed by atoms with Crippen LogP contribution in [0.4, 0.5) is 0 Å². The van der Waals surface area contributed by atoms with E-state index < -0.39 is 11.4 Å². The zero-order chi connectivity index (χ0) is 18.4. The summed E-state index contributed by atoms with van der Waals surface area (Å²) >= 11 is 5.96. The molecule has 0 amide bonds. The van der Waals surface area contributed by atoms with Crippen molar-refractivity contribution in [1.29, 1.82) is 0 Å². The Morgan fingerprint density at radius 2 is 1.89 bits per heavy atom. The first kappa shape index (κ1) is 9.41. The molecule has 0 heterocycles. The van der Waals surface area contributed by atoms with Crippen LogP contribution in [0.5, 0.6) is 0 Å². The van der Waals surface area contributed by atoms with Gasteiger partial charge in [-0.25, -0.2) is 0 Å². The predicted molar refractivity (Wildman–Crippen MR) is 83.9 cm³/mol. The molecule has 0 N–H and O–H groups in total. The van der Waals surface area contributed by atoms with Crippen molar-refractivity contribution in [2.45, 2.75) is 51.0 Å². The molecule has 0 radical (unpaired) electrons. The van der Waals surface area contributed by atoms with Crippen molar-refractivity contribution in [3.8, 4) is 0 Å². The standard InChI is InChI=1S/C17H26ClN/c1-13(2)12-16(19(3)4)17(10-5-11-17)14-6-8-15(18)9-7-14/h6-9,13,16H,5,10-12H2,1-4H3/i6D,7D,8D,9D,16D. The van der Waals surface area contributed by atoms with Gasteiger partial charge in [-0.05, 0) is 56.9 Å². The maximum atomic E-state index is 9.24. The predicted octanol–water partition coefficient (Wildman–Crippen LogP) is 4.74. The summed E-state index contributed by atoms with van der Waals surface area (Å²) < 4.78 is 42.1. The van der Waals surface area contributed by atoms with E-state index in [0.717, 1.165) is 6.42 Å². The molecular weight excluding hydrogens is 254 g/mol. The minimum atomic E-state index is -0.988. The van der Waals surface area contributed by atoms with Crippen LogP contribution < -0.4 is 0 Å². The Balaban J connectivity index is 2.76. The van der Waals surface area contributed by atoms with E-state index in [1.165, 1.54) is 0 Å². The molecule has 106 valence electrons. The van der Waals surface area contributed by atoms with E-state index >= 15 is 0 Å². The number of hydrogen-bond donors (Lipinski definition) is 0. The molecule has 1 atom stereocenters. The molecule has 1 aliphatic rings. The number of rotatable bonds is 5. The van der Waals surface area contributed by atoms with Gasteiger partial charge in [-0.15, -0.1) is 0 Å². The third-order valence-electron chi connectivity index (χ3n) is 3.97. The van der Waals surface area contributed by atoms with E-state index in [1.807, 2.05) is 19.0 Å². The Morgan fingerprint density at radius 3 is 2.26 bits per heavy atom. The van der Waals surface area contributed by atoms with Crippen LogP contribution in [0.15, 0.2) is 24.2 Å². The monoisotopic (exact) mass is 284 g/mol.